The zero-order valence-electron chi connectivity index (χ0n) is 16.0. The number of aromatic nitrogens is 3. The molecule has 7 heteroatoms. The number of nitrogens with zero attached hydrogens (tertiary/aromatic N) is 4. The van der Waals surface area contributed by atoms with Crippen LogP contribution in [0.3, 0.4) is 0 Å². The number of para-hydroxylation sites is 1. The van der Waals surface area contributed by atoms with Crippen molar-refractivity contribution in [2.75, 3.05) is 11.9 Å². The Morgan fingerprint density at radius 1 is 1.10 bits per heavy atom. The van der Waals surface area contributed by atoms with Crippen LogP contribution in [0.2, 0.25) is 0 Å². The van der Waals surface area contributed by atoms with E-state index < -0.39 is 0 Å². The molecule has 0 bridgehead atoms. The highest BCUT2D eigenvalue weighted by Crippen LogP contribution is 2.30. The maximum atomic E-state index is 12.7. The van der Waals surface area contributed by atoms with Crippen LogP contribution >= 0.6 is 0 Å². The molecule has 0 spiro atoms. The zero-order valence-corrected chi connectivity index (χ0v) is 16.0. The summed E-state index contributed by atoms with van der Waals surface area (Å²) in [5, 5.41) is 0.899. The highest BCUT2D eigenvalue weighted by atomic mass is 16.5. The molecule has 0 atom stereocenters. The quantitative estimate of drug-likeness (QED) is 0.548. The molecule has 0 radical (unpaired) electrons. The topological polar surface area (TPSA) is 86.3 Å². The van der Waals surface area contributed by atoms with Crippen LogP contribution in [0.5, 0.6) is 11.6 Å². The minimum Gasteiger partial charge on any atom is -0.438 e. The highest BCUT2D eigenvalue weighted by Gasteiger charge is 2.14. The van der Waals surface area contributed by atoms with Gasteiger partial charge in [-0.05, 0) is 30.3 Å². The minimum absolute atomic E-state index is 0.0107. The van der Waals surface area contributed by atoms with Gasteiger partial charge in [0, 0.05) is 36.9 Å². The third-order valence-corrected chi connectivity index (χ3v) is 4.72. The van der Waals surface area contributed by atoms with Gasteiger partial charge in [0.1, 0.15) is 18.6 Å². The minimum atomic E-state index is -0.0107. The maximum Gasteiger partial charge on any atom is 0.246 e. The Balaban J connectivity index is 1.58. The van der Waals surface area contributed by atoms with Crippen molar-refractivity contribution in [3.8, 4) is 11.6 Å². The fourth-order valence-corrected chi connectivity index (χ4v) is 3.13. The van der Waals surface area contributed by atoms with Gasteiger partial charge in [0.2, 0.25) is 11.8 Å². The van der Waals surface area contributed by atoms with Gasteiger partial charge in [-0.15, -0.1) is 0 Å². The number of amides is 1. The Morgan fingerprint density at radius 2 is 1.93 bits per heavy atom. The average Bonchev–Trinajstić information content (AvgIpc) is 3.17. The summed E-state index contributed by atoms with van der Waals surface area (Å²) in [6, 6.07) is 19.0. The van der Waals surface area contributed by atoms with Crippen molar-refractivity contribution in [2.45, 2.75) is 13.1 Å². The lowest BCUT2D eigenvalue weighted by molar-refractivity contribution is -0.118. The summed E-state index contributed by atoms with van der Waals surface area (Å²) in [7, 11) is 1.78. The highest BCUT2D eigenvalue weighted by molar-refractivity contribution is 5.94. The summed E-state index contributed by atoms with van der Waals surface area (Å²) in [5.41, 5.74) is 8.10. The molecule has 0 aliphatic carbocycles. The van der Waals surface area contributed by atoms with Crippen molar-refractivity contribution in [2.24, 2.45) is 5.73 Å². The monoisotopic (exact) mass is 387 g/mol. The molecular weight excluding hydrogens is 366 g/mol. The number of rotatable bonds is 6. The number of anilines is 1. The van der Waals surface area contributed by atoms with Gasteiger partial charge >= 0.3 is 0 Å². The van der Waals surface area contributed by atoms with Gasteiger partial charge < -0.3 is 19.9 Å². The molecule has 146 valence electrons. The fraction of sp³-hybridized carbons (Fsp3) is 0.136. The fourth-order valence-electron chi connectivity index (χ4n) is 3.13. The first-order valence-corrected chi connectivity index (χ1v) is 9.24. The SMILES string of the molecule is CN(C(=O)Cn1ccc2c(Oc3cc(CN)ncn3)cccc21)c1ccccc1. The summed E-state index contributed by atoms with van der Waals surface area (Å²) in [6.07, 6.45) is 3.32. The smallest absolute Gasteiger partial charge is 0.246 e. The number of fused-ring (bicyclic) bond motifs is 1. The lowest BCUT2D eigenvalue weighted by Gasteiger charge is -2.18. The van der Waals surface area contributed by atoms with Gasteiger partial charge in [0.05, 0.1) is 11.2 Å². The molecule has 4 aromatic rings. The van der Waals surface area contributed by atoms with E-state index in [4.69, 9.17) is 10.5 Å². The van der Waals surface area contributed by atoms with Crippen LogP contribution < -0.4 is 15.4 Å². The summed E-state index contributed by atoms with van der Waals surface area (Å²) in [5.74, 6) is 1.08. The van der Waals surface area contributed by atoms with Crippen LogP contribution in [0.4, 0.5) is 5.69 Å². The molecule has 0 fully saturated rings. The summed E-state index contributed by atoms with van der Waals surface area (Å²) < 4.78 is 7.87. The summed E-state index contributed by atoms with van der Waals surface area (Å²) >= 11 is 0. The lowest BCUT2D eigenvalue weighted by atomic mass is 10.2. The summed E-state index contributed by atoms with van der Waals surface area (Å²) in [6.45, 7) is 0.541. The van der Waals surface area contributed by atoms with E-state index in [1.807, 2.05) is 65.4 Å². The number of hydrogen-bond acceptors (Lipinski definition) is 5. The van der Waals surface area contributed by atoms with Crippen molar-refractivity contribution in [3.05, 3.63) is 78.9 Å². The van der Waals surface area contributed by atoms with E-state index in [1.54, 1.807) is 18.0 Å². The molecule has 0 unspecified atom stereocenters. The Labute approximate surface area is 168 Å². The van der Waals surface area contributed by atoms with Crippen molar-refractivity contribution in [3.63, 3.8) is 0 Å². The van der Waals surface area contributed by atoms with Crippen LogP contribution in [-0.4, -0.2) is 27.5 Å². The third-order valence-electron chi connectivity index (χ3n) is 4.72. The average molecular weight is 387 g/mol. The van der Waals surface area contributed by atoms with Gasteiger partial charge in [-0.2, -0.15) is 0 Å². The van der Waals surface area contributed by atoms with Crippen molar-refractivity contribution in [1.29, 1.82) is 0 Å². The number of ether oxygens (including phenoxy) is 1. The molecule has 7 nitrogen and oxygen atoms in total. The Morgan fingerprint density at radius 3 is 2.72 bits per heavy atom. The third kappa shape index (κ3) is 3.95. The number of carbonyl (C=O) groups is 1. The van der Waals surface area contributed by atoms with Crippen LogP contribution in [0, 0.1) is 0 Å². The van der Waals surface area contributed by atoms with E-state index in [0.29, 0.717) is 23.9 Å². The summed E-state index contributed by atoms with van der Waals surface area (Å²) in [4.78, 5) is 22.6. The van der Waals surface area contributed by atoms with E-state index in [2.05, 4.69) is 9.97 Å². The van der Waals surface area contributed by atoms with Crippen LogP contribution in [-0.2, 0) is 17.9 Å². The number of nitrogens with two attached hydrogens (primary N) is 1. The molecular formula is C22H21N5O2. The van der Waals surface area contributed by atoms with Crippen LogP contribution in [0.1, 0.15) is 5.69 Å². The molecule has 0 aliphatic heterocycles. The van der Waals surface area contributed by atoms with Gasteiger partial charge in [-0.25, -0.2) is 9.97 Å². The molecule has 0 saturated carbocycles. The van der Waals surface area contributed by atoms with E-state index in [0.717, 1.165) is 16.6 Å². The second-order valence-electron chi connectivity index (χ2n) is 6.57. The second kappa shape index (κ2) is 8.12. The lowest BCUT2D eigenvalue weighted by Crippen LogP contribution is -2.29. The number of carbonyl (C=O) groups excluding carboxylic acids is 1. The normalized spacial score (nSPS) is 10.8. The van der Waals surface area contributed by atoms with Gasteiger partial charge in [-0.3, -0.25) is 4.79 Å². The first-order chi connectivity index (χ1) is 14.2. The molecule has 4 rings (SSSR count). The molecule has 29 heavy (non-hydrogen) atoms. The predicted molar refractivity (Wildman–Crippen MR) is 112 cm³/mol. The van der Waals surface area contributed by atoms with E-state index >= 15 is 0 Å². The van der Waals surface area contributed by atoms with Gasteiger partial charge in [0.25, 0.3) is 0 Å². The molecule has 2 aromatic heterocycles. The second-order valence-corrected chi connectivity index (χ2v) is 6.57. The molecule has 0 aliphatic rings. The molecule has 2 aromatic carbocycles. The zero-order chi connectivity index (χ0) is 20.2. The van der Waals surface area contributed by atoms with Crippen LogP contribution in [0.15, 0.2) is 73.2 Å². The van der Waals surface area contributed by atoms with Crippen molar-refractivity contribution in [1.82, 2.24) is 14.5 Å². The molecule has 1 amide bonds. The molecule has 2 N–H and O–H groups in total. The number of benzene rings is 2. The Bertz CT molecular complexity index is 1140. The maximum absolute atomic E-state index is 12.7. The first-order valence-electron chi connectivity index (χ1n) is 9.24. The van der Waals surface area contributed by atoms with Crippen molar-refractivity contribution < 1.29 is 9.53 Å². The van der Waals surface area contributed by atoms with Gasteiger partial charge in [0.15, 0.2) is 0 Å². The number of hydrogen-bond donors (Lipinski definition) is 1. The Hall–Kier alpha value is -3.71. The van der Waals surface area contributed by atoms with Gasteiger partial charge in [-0.1, -0.05) is 24.3 Å². The first kappa shape index (κ1) is 18.6. The molecule has 0 saturated heterocycles. The Kier molecular flexibility index (Phi) is 5.22. The van der Waals surface area contributed by atoms with E-state index in [1.165, 1.54) is 6.33 Å². The largest absolute Gasteiger partial charge is 0.438 e. The van der Waals surface area contributed by atoms with E-state index in [9.17, 15) is 4.79 Å². The molecule has 2 heterocycles. The van der Waals surface area contributed by atoms with Crippen LogP contribution in [0.25, 0.3) is 10.9 Å². The number of likely N-dealkylation sites (N-methyl/N-ethyl adjacent to an activating group) is 1. The van der Waals surface area contributed by atoms with E-state index in [-0.39, 0.29) is 12.5 Å². The standard InChI is InChI=1S/C22H21N5O2/c1-26(17-6-3-2-4-7-17)22(28)14-27-11-10-18-19(27)8-5-9-20(18)29-21-12-16(13-23)24-15-25-21/h2-12,15H,13-14,23H2,1H3. The van der Waals surface area contributed by atoms with Crippen molar-refractivity contribution >= 4 is 22.5 Å². The predicted octanol–water partition coefficient (Wildman–Crippen LogP) is 3.35.